The third kappa shape index (κ3) is 5.43. The molecule has 3 heterocycles. The van der Waals surface area contributed by atoms with Crippen LogP contribution in [0.25, 0.3) is 0 Å². The molecule has 0 bridgehead atoms. The first-order chi connectivity index (χ1) is 18.4. The van der Waals surface area contributed by atoms with E-state index < -0.39 is 36.4 Å². The summed E-state index contributed by atoms with van der Waals surface area (Å²) >= 11 is 0. The number of halogens is 2. The molecule has 0 aromatic heterocycles. The zero-order valence-corrected chi connectivity index (χ0v) is 22.0. The normalized spacial score (nSPS) is 27.3. The summed E-state index contributed by atoms with van der Waals surface area (Å²) in [7, 11) is 0. The monoisotopic (exact) mass is 532 g/mol. The van der Waals surface area contributed by atoms with Crippen LogP contribution < -0.4 is 10.2 Å². The van der Waals surface area contributed by atoms with Crippen molar-refractivity contribution in [1.82, 2.24) is 15.1 Å². The molecule has 1 aromatic rings. The Morgan fingerprint density at radius 2 is 1.76 bits per heavy atom. The average Bonchev–Trinajstić information content (AvgIpc) is 3.67. The van der Waals surface area contributed by atoms with Gasteiger partial charge in [-0.1, -0.05) is 19.8 Å². The lowest BCUT2D eigenvalue weighted by molar-refractivity contribution is -0.139. The number of rotatable bonds is 8. The van der Waals surface area contributed by atoms with Gasteiger partial charge in [0, 0.05) is 44.0 Å². The van der Waals surface area contributed by atoms with Crippen LogP contribution >= 0.6 is 0 Å². The maximum Gasteiger partial charge on any atom is 0.251 e. The van der Waals surface area contributed by atoms with Gasteiger partial charge in [-0.25, -0.2) is 8.78 Å². The Hall–Kier alpha value is -2.59. The van der Waals surface area contributed by atoms with Gasteiger partial charge in [0.05, 0.1) is 12.0 Å². The van der Waals surface area contributed by atoms with E-state index in [1.807, 2.05) is 12.1 Å². The molecule has 4 atom stereocenters. The Morgan fingerprint density at radius 1 is 1.08 bits per heavy atom. The summed E-state index contributed by atoms with van der Waals surface area (Å²) in [4.78, 5) is 45.5. The molecule has 2 amide bonds. The molecule has 38 heavy (non-hydrogen) atoms. The molecule has 0 spiro atoms. The molecule has 8 nitrogen and oxygen atoms in total. The van der Waals surface area contributed by atoms with Gasteiger partial charge < -0.3 is 19.9 Å². The first kappa shape index (κ1) is 27.0. The summed E-state index contributed by atoms with van der Waals surface area (Å²) < 4.78 is 32.7. The number of Topliss-reactive ketones (excluding diaryl/α,β-unsaturated/α-hetero) is 1. The van der Waals surface area contributed by atoms with Gasteiger partial charge in [-0.05, 0) is 56.0 Å². The van der Waals surface area contributed by atoms with E-state index in [2.05, 4.69) is 22.0 Å². The standard InChI is InChI=1S/C28H38F2N4O4/c1-2-11-32-12-14-33(15-13-32)20-9-7-19(8-10-20)27(36)31-23(18-5-3-4-6-18)28(37)34-16-21(26(29)30)25-24(34)22(35)17-38-25/h7-10,18,21,23-26H,2-6,11-17H2,1H3,(H,31,36)/t21-,23-,24+,25+/m0/s1. The molecule has 0 radical (unpaired) electrons. The molecule has 1 N–H and O–H groups in total. The van der Waals surface area contributed by atoms with Crippen molar-refractivity contribution in [2.24, 2.45) is 11.8 Å². The number of piperazine rings is 1. The van der Waals surface area contributed by atoms with Gasteiger partial charge in [0.25, 0.3) is 5.91 Å². The summed E-state index contributed by atoms with van der Waals surface area (Å²) in [5, 5.41) is 2.92. The smallest absolute Gasteiger partial charge is 0.251 e. The minimum Gasteiger partial charge on any atom is -0.369 e. The van der Waals surface area contributed by atoms with Crippen molar-refractivity contribution in [3.8, 4) is 0 Å². The first-order valence-electron chi connectivity index (χ1n) is 14.0. The van der Waals surface area contributed by atoms with Crippen molar-refractivity contribution in [2.45, 2.75) is 63.6 Å². The minimum absolute atomic E-state index is 0.0911. The molecule has 1 saturated carbocycles. The number of fused-ring (bicyclic) bond motifs is 1. The first-order valence-corrected chi connectivity index (χ1v) is 14.0. The highest BCUT2D eigenvalue weighted by atomic mass is 19.3. The van der Waals surface area contributed by atoms with Gasteiger partial charge in [0.2, 0.25) is 12.3 Å². The molecule has 4 fully saturated rings. The van der Waals surface area contributed by atoms with Crippen molar-refractivity contribution in [1.29, 1.82) is 0 Å². The zero-order chi connectivity index (χ0) is 26.8. The fourth-order valence-corrected chi connectivity index (χ4v) is 6.59. The van der Waals surface area contributed by atoms with Gasteiger partial charge in [-0.15, -0.1) is 0 Å². The number of anilines is 1. The highest BCUT2D eigenvalue weighted by Gasteiger charge is 2.56. The molecular weight excluding hydrogens is 494 g/mol. The van der Waals surface area contributed by atoms with Gasteiger partial charge >= 0.3 is 0 Å². The summed E-state index contributed by atoms with van der Waals surface area (Å²) in [6, 6.07) is 5.55. The number of hydrogen-bond donors (Lipinski definition) is 1. The molecule has 1 aliphatic carbocycles. The number of carbonyl (C=O) groups excluding carboxylic acids is 3. The molecule has 5 rings (SSSR count). The van der Waals surface area contributed by atoms with E-state index in [1.54, 1.807) is 12.1 Å². The lowest BCUT2D eigenvalue weighted by Gasteiger charge is -2.36. The summed E-state index contributed by atoms with van der Waals surface area (Å²) in [5.74, 6) is -2.47. The molecule has 10 heteroatoms. The predicted octanol–water partition coefficient (Wildman–Crippen LogP) is 2.57. The summed E-state index contributed by atoms with van der Waals surface area (Å²) in [5.41, 5.74) is 1.50. The second-order valence-electron chi connectivity index (χ2n) is 11.0. The average molecular weight is 533 g/mol. The van der Waals surface area contributed by atoms with Crippen LogP contribution in [0.4, 0.5) is 14.5 Å². The Balaban J connectivity index is 1.28. The van der Waals surface area contributed by atoms with E-state index >= 15 is 0 Å². The van der Waals surface area contributed by atoms with Crippen LogP contribution in [0.3, 0.4) is 0 Å². The van der Waals surface area contributed by atoms with E-state index in [0.29, 0.717) is 5.56 Å². The molecule has 0 unspecified atom stereocenters. The lowest BCUT2D eigenvalue weighted by Crippen LogP contribution is -2.54. The lowest BCUT2D eigenvalue weighted by atomic mass is 9.95. The van der Waals surface area contributed by atoms with Crippen LogP contribution in [-0.4, -0.2) is 97.9 Å². The van der Waals surface area contributed by atoms with Crippen molar-refractivity contribution in [3.63, 3.8) is 0 Å². The fraction of sp³-hybridized carbons (Fsp3) is 0.679. The number of amides is 2. The van der Waals surface area contributed by atoms with E-state index in [-0.39, 0.29) is 30.8 Å². The molecule has 208 valence electrons. The second-order valence-corrected chi connectivity index (χ2v) is 11.0. The topological polar surface area (TPSA) is 82.2 Å². The number of nitrogens with zero attached hydrogens (tertiary/aromatic N) is 3. The van der Waals surface area contributed by atoms with E-state index in [9.17, 15) is 23.2 Å². The van der Waals surface area contributed by atoms with Gasteiger partial charge in [0.1, 0.15) is 18.7 Å². The van der Waals surface area contributed by atoms with Crippen LogP contribution in [-0.2, 0) is 14.3 Å². The number of ether oxygens (including phenoxy) is 1. The highest BCUT2D eigenvalue weighted by molar-refractivity contribution is 5.99. The summed E-state index contributed by atoms with van der Waals surface area (Å²) in [6.07, 6.45) is 0.886. The fourth-order valence-electron chi connectivity index (χ4n) is 6.59. The Bertz CT molecular complexity index is 1010. The van der Waals surface area contributed by atoms with Crippen LogP contribution in [0.1, 0.15) is 49.4 Å². The van der Waals surface area contributed by atoms with Gasteiger partial charge in [-0.3, -0.25) is 19.3 Å². The van der Waals surface area contributed by atoms with Crippen molar-refractivity contribution in [2.75, 3.05) is 50.8 Å². The predicted molar refractivity (Wildman–Crippen MR) is 138 cm³/mol. The zero-order valence-electron chi connectivity index (χ0n) is 22.0. The molecular formula is C28H38F2N4O4. The molecule has 1 aromatic carbocycles. The Labute approximate surface area is 222 Å². The van der Waals surface area contributed by atoms with E-state index in [4.69, 9.17) is 4.74 Å². The highest BCUT2D eigenvalue weighted by Crippen LogP contribution is 2.37. The third-order valence-corrected chi connectivity index (χ3v) is 8.66. The summed E-state index contributed by atoms with van der Waals surface area (Å²) in [6.45, 7) is 6.69. The maximum atomic E-state index is 13.7. The number of likely N-dealkylation sites (tertiary alicyclic amines) is 1. The molecule has 3 saturated heterocycles. The van der Waals surface area contributed by atoms with Crippen molar-refractivity contribution in [3.05, 3.63) is 29.8 Å². The molecule has 3 aliphatic heterocycles. The SMILES string of the molecule is CCCN1CCN(c2ccc(C(=O)N[C@H](C(=O)N3C[C@H](C(F)F)[C@H]4OCC(=O)[C@H]43)C3CCCC3)cc2)CC1. The quantitative estimate of drug-likeness (QED) is 0.554. The van der Waals surface area contributed by atoms with Gasteiger partial charge in [0.15, 0.2) is 5.78 Å². The number of nitrogens with one attached hydrogen (secondary N) is 1. The number of hydrogen-bond acceptors (Lipinski definition) is 6. The van der Waals surface area contributed by atoms with Crippen LogP contribution in [0.15, 0.2) is 24.3 Å². The van der Waals surface area contributed by atoms with Crippen LogP contribution in [0, 0.1) is 11.8 Å². The maximum absolute atomic E-state index is 13.7. The number of ketones is 1. The number of alkyl halides is 2. The number of carbonyl (C=O) groups is 3. The van der Waals surface area contributed by atoms with Gasteiger partial charge in [-0.2, -0.15) is 0 Å². The minimum atomic E-state index is -2.70. The van der Waals surface area contributed by atoms with Crippen LogP contribution in [0.2, 0.25) is 0 Å². The van der Waals surface area contributed by atoms with Crippen molar-refractivity contribution < 1.29 is 27.9 Å². The largest absolute Gasteiger partial charge is 0.369 e. The Kier molecular flexibility index (Phi) is 8.28. The molecule has 4 aliphatic rings. The van der Waals surface area contributed by atoms with E-state index in [1.165, 1.54) is 4.90 Å². The Morgan fingerprint density at radius 3 is 2.39 bits per heavy atom. The second kappa shape index (κ2) is 11.7. The number of benzene rings is 1. The third-order valence-electron chi connectivity index (χ3n) is 8.66. The van der Waals surface area contributed by atoms with E-state index in [0.717, 1.165) is 70.5 Å². The van der Waals surface area contributed by atoms with Crippen molar-refractivity contribution >= 4 is 23.3 Å². The van der Waals surface area contributed by atoms with Crippen LogP contribution in [0.5, 0.6) is 0 Å².